The molecule has 6 heteroatoms. The Morgan fingerprint density at radius 1 is 0.737 bits per heavy atom. The first-order valence-corrected chi connectivity index (χ1v) is 13.8. The minimum Gasteiger partial charge on any atom is -0.490 e. The second-order valence-electron chi connectivity index (χ2n) is 9.97. The average Bonchev–Trinajstić information content (AvgIpc) is 2.94. The topological polar surface area (TPSA) is 27.7 Å². The molecule has 1 fully saturated rings. The Hall–Kier alpha value is -2.83. The van der Waals surface area contributed by atoms with Crippen LogP contribution in [0.25, 0.3) is 22.3 Å². The molecule has 0 aromatic heterocycles. The van der Waals surface area contributed by atoms with Crippen LogP contribution in [0.5, 0.6) is 5.75 Å². The number of rotatable bonds is 12. The molecule has 0 unspecified atom stereocenters. The highest BCUT2D eigenvalue weighted by Gasteiger charge is 2.25. The highest BCUT2D eigenvalue weighted by Crippen LogP contribution is 2.34. The van der Waals surface area contributed by atoms with E-state index in [1.54, 1.807) is 30.3 Å². The zero-order chi connectivity index (χ0) is 26.9. The van der Waals surface area contributed by atoms with Crippen LogP contribution in [0.4, 0.5) is 13.2 Å². The van der Waals surface area contributed by atoms with Crippen LogP contribution >= 0.6 is 0 Å². The van der Waals surface area contributed by atoms with Crippen LogP contribution < -0.4 is 4.74 Å². The van der Waals surface area contributed by atoms with Crippen molar-refractivity contribution in [3.05, 3.63) is 77.6 Å². The van der Waals surface area contributed by atoms with Crippen molar-refractivity contribution < 1.29 is 27.4 Å². The summed E-state index contributed by atoms with van der Waals surface area (Å²) in [6.45, 7) is 5.74. The van der Waals surface area contributed by atoms with E-state index in [0.29, 0.717) is 42.4 Å². The van der Waals surface area contributed by atoms with E-state index in [1.807, 2.05) is 6.07 Å². The van der Waals surface area contributed by atoms with Gasteiger partial charge in [0.25, 0.3) is 0 Å². The van der Waals surface area contributed by atoms with Gasteiger partial charge in [-0.3, -0.25) is 0 Å². The van der Waals surface area contributed by atoms with E-state index in [9.17, 15) is 8.78 Å². The molecule has 0 spiro atoms. The van der Waals surface area contributed by atoms with Gasteiger partial charge in [-0.25, -0.2) is 8.78 Å². The molecule has 204 valence electrons. The maximum absolute atomic E-state index is 15.0. The van der Waals surface area contributed by atoms with Gasteiger partial charge < -0.3 is 14.2 Å². The summed E-state index contributed by atoms with van der Waals surface area (Å²) in [5, 5.41) is 0. The maximum Gasteiger partial charge on any atom is 0.201 e. The molecule has 1 aliphatic rings. The number of halogens is 3. The van der Waals surface area contributed by atoms with Gasteiger partial charge in [0.05, 0.1) is 19.8 Å². The van der Waals surface area contributed by atoms with Crippen LogP contribution in [0, 0.1) is 23.4 Å². The third-order valence-electron chi connectivity index (χ3n) is 7.02. The summed E-state index contributed by atoms with van der Waals surface area (Å²) < 4.78 is 61.4. The number of benzene rings is 3. The fourth-order valence-corrected chi connectivity index (χ4v) is 4.71. The van der Waals surface area contributed by atoms with Gasteiger partial charge in [0, 0.05) is 17.0 Å². The lowest BCUT2D eigenvalue weighted by molar-refractivity contribution is -0.207. The largest absolute Gasteiger partial charge is 0.490 e. The summed E-state index contributed by atoms with van der Waals surface area (Å²) in [5.74, 6) is -2.05. The quantitative estimate of drug-likeness (QED) is 0.220. The predicted octanol–water partition coefficient (Wildman–Crippen LogP) is 9.25. The Morgan fingerprint density at radius 3 is 2.08 bits per heavy atom. The molecule has 0 atom stereocenters. The Kier molecular flexibility index (Phi) is 10.2. The third-order valence-corrected chi connectivity index (χ3v) is 7.02. The van der Waals surface area contributed by atoms with E-state index in [1.165, 1.54) is 31.0 Å². The predicted molar refractivity (Wildman–Crippen MR) is 144 cm³/mol. The minimum atomic E-state index is -0.986. The zero-order valence-corrected chi connectivity index (χ0v) is 22.3. The summed E-state index contributed by atoms with van der Waals surface area (Å²) in [4.78, 5) is 0. The van der Waals surface area contributed by atoms with Crippen molar-refractivity contribution in [2.75, 3.05) is 19.8 Å². The van der Waals surface area contributed by atoms with Gasteiger partial charge in [-0.2, -0.15) is 4.39 Å². The van der Waals surface area contributed by atoms with Crippen LogP contribution in [-0.4, -0.2) is 19.8 Å². The monoisotopic (exact) mass is 526 g/mol. The van der Waals surface area contributed by atoms with E-state index >= 15 is 4.39 Å². The van der Waals surface area contributed by atoms with Gasteiger partial charge >= 0.3 is 0 Å². The van der Waals surface area contributed by atoms with Gasteiger partial charge in [-0.05, 0) is 47.7 Å². The molecular weight excluding hydrogens is 489 g/mol. The van der Waals surface area contributed by atoms with Crippen molar-refractivity contribution in [1.82, 2.24) is 0 Å². The van der Waals surface area contributed by atoms with E-state index in [-0.39, 0.29) is 11.3 Å². The smallest absolute Gasteiger partial charge is 0.201 e. The highest BCUT2D eigenvalue weighted by molar-refractivity contribution is 5.71. The average molecular weight is 527 g/mol. The first-order chi connectivity index (χ1) is 18.5. The van der Waals surface area contributed by atoms with Crippen LogP contribution in [0.2, 0.25) is 0 Å². The van der Waals surface area contributed by atoms with Crippen LogP contribution in [0.15, 0.2) is 54.6 Å². The lowest BCUT2D eigenvalue weighted by atomic mass is 9.98. The van der Waals surface area contributed by atoms with Gasteiger partial charge in [-0.15, -0.1) is 0 Å². The summed E-state index contributed by atoms with van der Waals surface area (Å²) in [5.41, 5.74) is 2.49. The molecule has 1 heterocycles. The Labute approximate surface area is 223 Å². The molecule has 3 nitrogen and oxygen atoms in total. The normalized spacial score (nSPS) is 17.5. The number of ether oxygens (including phenoxy) is 3. The van der Waals surface area contributed by atoms with Crippen LogP contribution in [-0.2, 0) is 9.47 Å². The second-order valence-corrected chi connectivity index (χ2v) is 9.97. The van der Waals surface area contributed by atoms with Crippen molar-refractivity contribution in [2.24, 2.45) is 5.92 Å². The molecule has 0 N–H and O–H groups in total. The molecule has 0 radical (unpaired) electrons. The van der Waals surface area contributed by atoms with Gasteiger partial charge in [0.2, 0.25) is 5.82 Å². The van der Waals surface area contributed by atoms with E-state index in [2.05, 4.69) is 13.8 Å². The molecule has 3 aromatic carbocycles. The van der Waals surface area contributed by atoms with E-state index in [4.69, 9.17) is 14.2 Å². The van der Waals surface area contributed by atoms with Crippen molar-refractivity contribution in [3.63, 3.8) is 0 Å². The Bertz CT molecular complexity index is 1170. The maximum atomic E-state index is 15.0. The highest BCUT2D eigenvalue weighted by atomic mass is 19.2. The summed E-state index contributed by atoms with van der Waals surface area (Å²) in [6.07, 6.45) is 6.68. The van der Waals surface area contributed by atoms with Crippen LogP contribution in [0.1, 0.15) is 70.6 Å². The van der Waals surface area contributed by atoms with Gasteiger partial charge in [0.15, 0.2) is 17.9 Å². The molecule has 0 aliphatic carbocycles. The molecule has 4 rings (SSSR count). The summed E-state index contributed by atoms with van der Waals surface area (Å²) >= 11 is 0. The Morgan fingerprint density at radius 2 is 1.39 bits per heavy atom. The van der Waals surface area contributed by atoms with Crippen molar-refractivity contribution >= 4 is 0 Å². The van der Waals surface area contributed by atoms with E-state index < -0.39 is 23.7 Å². The van der Waals surface area contributed by atoms with Crippen molar-refractivity contribution in [1.29, 1.82) is 0 Å². The molecular formula is C32H37F3O3. The zero-order valence-electron chi connectivity index (χ0n) is 22.3. The van der Waals surface area contributed by atoms with Crippen molar-refractivity contribution in [2.45, 2.75) is 65.1 Å². The molecule has 3 aromatic rings. The van der Waals surface area contributed by atoms with E-state index in [0.717, 1.165) is 37.7 Å². The molecule has 38 heavy (non-hydrogen) atoms. The van der Waals surface area contributed by atoms with Crippen molar-refractivity contribution in [3.8, 4) is 28.0 Å². The Balaban J connectivity index is 1.41. The first-order valence-electron chi connectivity index (χ1n) is 13.8. The number of hydrogen-bond acceptors (Lipinski definition) is 3. The molecule has 0 bridgehead atoms. The second kappa shape index (κ2) is 13.8. The molecule has 0 amide bonds. The lowest BCUT2D eigenvalue weighted by Crippen LogP contribution is -2.27. The fraction of sp³-hybridized carbons (Fsp3) is 0.438. The van der Waals surface area contributed by atoms with Gasteiger partial charge in [-0.1, -0.05) is 82.3 Å². The summed E-state index contributed by atoms with van der Waals surface area (Å²) in [6, 6.07) is 14.9. The minimum absolute atomic E-state index is 0.0764. The number of hydrogen-bond donors (Lipinski definition) is 0. The molecule has 1 aliphatic heterocycles. The SMILES string of the molecule is CCCCCOc1ccc(-c2ccc(-c3ccc(C4OCC(CCCCC)CO4)c(F)c3)cc2)c(F)c1F. The molecule has 1 saturated heterocycles. The van der Waals surface area contributed by atoms with Crippen LogP contribution in [0.3, 0.4) is 0 Å². The summed E-state index contributed by atoms with van der Waals surface area (Å²) in [7, 11) is 0. The molecule has 0 saturated carbocycles. The first kappa shape index (κ1) is 28.2. The standard InChI is InChI=1S/C32H37F3O3/c1-3-5-7-9-22-20-37-32(38-21-22)27-15-14-25(19-28(27)33)23-10-12-24(13-11-23)26-16-17-29(31(35)30(26)34)36-18-8-6-4-2/h10-17,19,22,32H,3-9,18,20-21H2,1-2H3. The lowest BCUT2D eigenvalue weighted by Gasteiger charge is -2.30. The third kappa shape index (κ3) is 6.97. The van der Waals surface area contributed by atoms with Gasteiger partial charge in [0.1, 0.15) is 5.82 Å². The fourth-order valence-electron chi connectivity index (χ4n) is 4.71. The number of unbranched alkanes of at least 4 members (excludes halogenated alkanes) is 4.